The molecule has 92 valence electrons. The lowest BCUT2D eigenvalue weighted by atomic mass is 10.4. The molecule has 2 rings (SSSR count). The van der Waals surface area contributed by atoms with Gasteiger partial charge in [0.25, 0.3) is 0 Å². The summed E-state index contributed by atoms with van der Waals surface area (Å²) >= 11 is 9.09. The zero-order valence-corrected chi connectivity index (χ0v) is 11.5. The van der Waals surface area contributed by atoms with Crippen molar-refractivity contribution < 1.29 is 4.79 Å². The van der Waals surface area contributed by atoms with Crippen LogP contribution in [0.1, 0.15) is 12.8 Å². The van der Waals surface area contributed by atoms with Gasteiger partial charge >= 0.3 is 0 Å². The van der Waals surface area contributed by atoms with Crippen molar-refractivity contribution in [2.45, 2.75) is 12.8 Å². The van der Waals surface area contributed by atoms with Crippen LogP contribution >= 0.6 is 27.5 Å². The fourth-order valence-electron chi connectivity index (χ4n) is 1.71. The summed E-state index contributed by atoms with van der Waals surface area (Å²) in [5, 5.41) is 3.29. The van der Waals surface area contributed by atoms with Crippen LogP contribution in [-0.4, -0.2) is 40.4 Å². The molecule has 0 unspecified atom stereocenters. The molecule has 0 aromatic carbocycles. The van der Waals surface area contributed by atoms with Gasteiger partial charge in [-0.2, -0.15) is 0 Å². The van der Waals surface area contributed by atoms with Crippen LogP contribution in [0.2, 0.25) is 5.15 Å². The van der Waals surface area contributed by atoms with Crippen molar-refractivity contribution in [2.75, 3.05) is 25.0 Å². The molecule has 1 fully saturated rings. The second-order valence-corrected chi connectivity index (χ2v) is 4.92. The summed E-state index contributed by atoms with van der Waals surface area (Å²) in [6, 6.07) is 0. The second-order valence-electron chi connectivity index (χ2n) is 3.77. The van der Waals surface area contributed by atoms with E-state index in [1.54, 1.807) is 0 Å². The van der Waals surface area contributed by atoms with Crippen LogP contribution in [0.5, 0.6) is 0 Å². The summed E-state index contributed by atoms with van der Waals surface area (Å²) in [4.78, 5) is 21.5. The van der Waals surface area contributed by atoms with E-state index < -0.39 is 0 Å². The lowest BCUT2D eigenvalue weighted by Gasteiger charge is -2.16. The molecule has 1 aliphatic rings. The number of anilines is 1. The minimum absolute atomic E-state index is 0.0872. The van der Waals surface area contributed by atoms with E-state index in [4.69, 9.17) is 11.6 Å². The van der Waals surface area contributed by atoms with Crippen molar-refractivity contribution in [3.8, 4) is 0 Å². The standard InChI is InChI=1S/C10H12BrClN4O/c11-8-9(12)14-6-15-10(8)13-5-7(17)16-3-1-2-4-16/h6H,1-5H2,(H,13,14,15). The Labute approximate surface area is 113 Å². The van der Waals surface area contributed by atoms with Crippen molar-refractivity contribution in [3.05, 3.63) is 16.0 Å². The molecule has 1 amide bonds. The zero-order valence-electron chi connectivity index (χ0n) is 9.12. The van der Waals surface area contributed by atoms with Crippen LogP contribution in [0.3, 0.4) is 0 Å². The number of carbonyl (C=O) groups excluding carboxylic acids is 1. The van der Waals surface area contributed by atoms with Gasteiger partial charge in [0.1, 0.15) is 17.3 Å². The number of hydrogen-bond donors (Lipinski definition) is 1. The highest BCUT2D eigenvalue weighted by Crippen LogP contribution is 2.25. The highest BCUT2D eigenvalue weighted by Gasteiger charge is 2.18. The Balaban J connectivity index is 1.93. The first-order valence-electron chi connectivity index (χ1n) is 5.36. The predicted molar refractivity (Wildman–Crippen MR) is 69.0 cm³/mol. The first-order chi connectivity index (χ1) is 8.18. The Morgan fingerprint density at radius 3 is 2.88 bits per heavy atom. The summed E-state index contributed by atoms with van der Waals surface area (Å²) in [5.74, 6) is 0.627. The van der Waals surface area contributed by atoms with E-state index >= 15 is 0 Å². The molecule has 5 nitrogen and oxygen atoms in total. The minimum atomic E-state index is 0.0872. The van der Waals surface area contributed by atoms with Crippen LogP contribution in [0.4, 0.5) is 5.82 Å². The van der Waals surface area contributed by atoms with E-state index in [1.807, 2.05) is 4.90 Å². The predicted octanol–water partition coefficient (Wildman–Crippen LogP) is 1.93. The number of aromatic nitrogens is 2. The third-order valence-corrected chi connectivity index (χ3v) is 3.88. The molecule has 0 atom stereocenters. The maximum absolute atomic E-state index is 11.8. The SMILES string of the molecule is O=C(CNc1ncnc(Cl)c1Br)N1CCCC1. The molecule has 17 heavy (non-hydrogen) atoms. The van der Waals surface area contributed by atoms with Crippen molar-refractivity contribution in [1.82, 2.24) is 14.9 Å². The lowest BCUT2D eigenvalue weighted by Crippen LogP contribution is -2.33. The van der Waals surface area contributed by atoms with Crippen molar-refractivity contribution in [2.24, 2.45) is 0 Å². The first kappa shape index (κ1) is 12.6. The largest absolute Gasteiger partial charge is 0.360 e. The molecule has 0 bridgehead atoms. The zero-order chi connectivity index (χ0) is 12.3. The highest BCUT2D eigenvalue weighted by atomic mass is 79.9. The van der Waals surface area contributed by atoms with Crippen LogP contribution in [-0.2, 0) is 4.79 Å². The Morgan fingerprint density at radius 2 is 2.18 bits per heavy atom. The number of amides is 1. The Hall–Kier alpha value is -0.880. The van der Waals surface area contributed by atoms with E-state index in [0.29, 0.717) is 15.4 Å². The van der Waals surface area contributed by atoms with Gasteiger partial charge in [-0.1, -0.05) is 11.6 Å². The summed E-state index contributed by atoms with van der Waals surface area (Å²) in [6.07, 6.45) is 3.54. The summed E-state index contributed by atoms with van der Waals surface area (Å²) in [5.41, 5.74) is 0. The summed E-state index contributed by atoms with van der Waals surface area (Å²) < 4.78 is 0.580. The number of rotatable bonds is 3. The molecule has 1 aromatic rings. The van der Waals surface area contributed by atoms with Gasteiger partial charge in [0.2, 0.25) is 5.91 Å². The smallest absolute Gasteiger partial charge is 0.241 e. The van der Waals surface area contributed by atoms with Gasteiger partial charge < -0.3 is 10.2 Å². The third-order valence-electron chi connectivity index (χ3n) is 2.61. The van der Waals surface area contributed by atoms with Crippen molar-refractivity contribution in [3.63, 3.8) is 0 Å². The number of halogens is 2. The van der Waals surface area contributed by atoms with Crippen LogP contribution in [0.15, 0.2) is 10.8 Å². The minimum Gasteiger partial charge on any atom is -0.360 e. The Bertz CT molecular complexity index is 423. The molecule has 0 aliphatic carbocycles. The van der Waals surface area contributed by atoms with E-state index in [0.717, 1.165) is 25.9 Å². The molecule has 1 aliphatic heterocycles. The van der Waals surface area contributed by atoms with Gasteiger partial charge in [-0.3, -0.25) is 4.79 Å². The topological polar surface area (TPSA) is 58.1 Å². The number of nitrogens with one attached hydrogen (secondary N) is 1. The van der Waals surface area contributed by atoms with E-state index in [2.05, 4.69) is 31.2 Å². The fourth-order valence-corrected chi connectivity index (χ4v) is 2.19. The second kappa shape index (κ2) is 5.64. The average Bonchev–Trinajstić information content (AvgIpc) is 2.84. The summed E-state index contributed by atoms with van der Waals surface area (Å²) in [7, 11) is 0. The molecule has 1 N–H and O–H groups in total. The molecule has 0 saturated carbocycles. The van der Waals surface area contributed by atoms with E-state index in [1.165, 1.54) is 6.33 Å². The first-order valence-corrected chi connectivity index (χ1v) is 6.53. The molecule has 1 aromatic heterocycles. The van der Waals surface area contributed by atoms with Crippen molar-refractivity contribution >= 4 is 39.3 Å². The lowest BCUT2D eigenvalue weighted by molar-refractivity contribution is -0.128. The van der Waals surface area contributed by atoms with Gasteiger partial charge in [0, 0.05) is 13.1 Å². The highest BCUT2D eigenvalue weighted by molar-refractivity contribution is 9.10. The molecule has 0 spiro atoms. The Morgan fingerprint density at radius 1 is 1.47 bits per heavy atom. The fraction of sp³-hybridized carbons (Fsp3) is 0.500. The maximum Gasteiger partial charge on any atom is 0.241 e. The van der Waals surface area contributed by atoms with Crippen molar-refractivity contribution in [1.29, 1.82) is 0 Å². The Kier molecular flexibility index (Phi) is 4.17. The number of carbonyl (C=O) groups is 1. The van der Waals surface area contributed by atoms with Gasteiger partial charge in [0.15, 0.2) is 0 Å². The number of hydrogen-bond acceptors (Lipinski definition) is 4. The third kappa shape index (κ3) is 3.07. The molecular formula is C10H12BrClN4O. The molecule has 2 heterocycles. The van der Waals surface area contributed by atoms with Gasteiger partial charge in [-0.25, -0.2) is 9.97 Å². The maximum atomic E-state index is 11.8. The number of nitrogens with zero attached hydrogens (tertiary/aromatic N) is 3. The van der Waals surface area contributed by atoms with Crippen LogP contribution in [0, 0.1) is 0 Å². The van der Waals surface area contributed by atoms with Crippen LogP contribution < -0.4 is 5.32 Å². The van der Waals surface area contributed by atoms with Gasteiger partial charge in [-0.15, -0.1) is 0 Å². The molecule has 7 heteroatoms. The van der Waals surface area contributed by atoms with E-state index in [9.17, 15) is 4.79 Å². The monoisotopic (exact) mass is 318 g/mol. The van der Waals surface area contributed by atoms with Gasteiger partial charge in [-0.05, 0) is 28.8 Å². The van der Waals surface area contributed by atoms with Crippen LogP contribution in [0.25, 0.3) is 0 Å². The summed E-state index contributed by atoms with van der Waals surface area (Å²) in [6.45, 7) is 1.93. The molecule has 1 saturated heterocycles. The molecular weight excluding hydrogens is 307 g/mol. The number of likely N-dealkylation sites (tertiary alicyclic amines) is 1. The average molecular weight is 320 g/mol. The molecule has 0 radical (unpaired) electrons. The quantitative estimate of drug-likeness (QED) is 0.865. The van der Waals surface area contributed by atoms with Gasteiger partial charge in [0.05, 0.1) is 11.0 Å². The van der Waals surface area contributed by atoms with E-state index in [-0.39, 0.29) is 12.5 Å². The normalized spacial score (nSPS) is 15.1.